The zero-order valence-electron chi connectivity index (χ0n) is 10.6. The first kappa shape index (κ1) is 11.8. The Labute approximate surface area is 103 Å². The first-order valence-electron chi connectivity index (χ1n) is 5.87. The largest absolute Gasteiger partial charge is 0.309 e. The lowest BCUT2D eigenvalue weighted by Gasteiger charge is -2.21. The standard InChI is InChI=1S/C15H18N2/c1-11-6-4-7-12(2)14(11)15(16-3)13-8-5-9-17-10-13/h4-10,15-16H,1-3H3. The molecule has 0 amide bonds. The molecular weight excluding hydrogens is 208 g/mol. The predicted molar refractivity (Wildman–Crippen MR) is 71.1 cm³/mol. The van der Waals surface area contributed by atoms with E-state index in [-0.39, 0.29) is 6.04 Å². The predicted octanol–water partition coefficient (Wildman–Crippen LogP) is 3.01. The molecule has 88 valence electrons. The van der Waals surface area contributed by atoms with E-state index in [1.54, 1.807) is 6.20 Å². The lowest BCUT2D eigenvalue weighted by Crippen LogP contribution is -2.19. The van der Waals surface area contributed by atoms with E-state index < -0.39 is 0 Å². The third-order valence-corrected chi connectivity index (χ3v) is 3.14. The summed E-state index contributed by atoms with van der Waals surface area (Å²) in [5, 5.41) is 3.38. The minimum atomic E-state index is 0.213. The Bertz CT molecular complexity index is 471. The molecule has 0 radical (unpaired) electrons. The smallest absolute Gasteiger partial charge is 0.0594 e. The molecule has 1 aromatic heterocycles. The fourth-order valence-electron chi connectivity index (χ4n) is 2.31. The van der Waals surface area contributed by atoms with Gasteiger partial charge in [-0.2, -0.15) is 0 Å². The maximum absolute atomic E-state index is 4.20. The topological polar surface area (TPSA) is 24.9 Å². The van der Waals surface area contributed by atoms with Crippen molar-refractivity contribution in [2.75, 3.05) is 7.05 Å². The van der Waals surface area contributed by atoms with E-state index in [0.717, 1.165) is 0 Å². The van der Waals surface area contributed by atoms with Crippen LogP contribution in [0, 0.1) is 13.8 Å². The van der Waals surface area contributed by atoms with E-state index in [2.05, 4.69) is 48.4 Å². The zero-order chi connectivity index (χ0) is 12.3. The monoisotopic (exact) mass is 226 g/mol. The summed E-state index contributed by atoms with van der Waals surface area (Å²) in [5.74, 6) is 0. The first-order valence-corrected chi connectivity index (χ1v) is 5.87. The Morgan fingerprint density at radius 2 is 1.76 bits per heavy atom. The van der Waals surface area contributed by atoms with Gasteiger partial charge in [0.25, 0.3) is 0 Å². The number of rotatable bonds is 3. The van der Waals surface area contributed by atoms with Crippen molar-refractivity contribution in [3.05, 3.63) is 65.0 Å². The van der Waals surface area contributed by atoms with E-state index >= 15 is 0 Å². The van der Waals surface area contributed by atoms with Gasteiger partial charge in [-0.05, 0) is 49.2 Å². The Morgan fingerprint density at radius 3 is 2.29 bits per heavy atom. The minimum absolute atomic E-state index is 0.213. The van der Waals surface area contributed by atoms with Crippen LogP contribution in [0.5, 0.6) is 0 Å². The van der Waals surface area contributed by atoms with Gasteiger partial charge < -0.3 is 5.32 Å². The highest BCUT2D eigenvalue weighted by molar-refractivity contribution is 5.41. The van der Waals surface area contributed by atoms with Crippen molar-refractivity contribution >= 4 is 0 Å². The Morgan fingerprint density at radius 1 is 1.06 bits per heavy atom. The van der Waals surface area contributed by atoms with Crippen LogP contribution in [-0.2, 0) is 0 Å². The molecule has 2 nitrogen and oxygen atoms in total. The molecule has 0 saturated heterocycles. The fraction of sp³-hybridized carbons (Fsp3) is 0.267. The van der Waals surface area contributed by atoms with Crippen molar-refractivity contribution in [2.45, 2.75) is 19.9 Å². The molecule has 1 atom stereocenters. The fourth-order valence-corrected chi connectivity index (χ4v) is 2.31. The van der Waals surface area contributed by atoms with Gasteiger partial charge in [0, 0.05) is 12.4 Å². The van der Waals surface area contributed by atoms with E-state index in [4.69, 9.17) is 0 Å². The summed E-state index contributed by atoms with van der Waals surface area (Å²) in [5.41, 5.74) is 5.18. The van der Waals surface area contributed by atoms with Crippen LogP contribution in [0.1, 0.15) is 28.3 Å². The number of nitrogens with zero attached hydrogens (tertiary/aromatic N) is 1. The highest BCUT2D eigenvalue weighted by Crippen LogP contribution is 2.26. The van der Waals surface area contributed by atoms with Gasteiger partial charge in [0.15, 0.2) is 0 Å². The number of benzene rings is 1. The average Bonchev–Trinajstić information content (AvgIpc) is 2.35. The van der Waals surface area contributed by atoms with Crippen molar-refractivity contribution in [3.63, 3.8) is 0 Å². The molecular formula is C15H18N2. The highest BCUT2D eigenvalue weighted by Gasteiger charge is 2.15. The molecule has 0 bridgehead atoms. The van der Waals surface area contributed by atoms with Crippen LogP contribution in [0.25, 0.3) is 0 Å². The molecule has 0 saturated carbocycles. The number of hydrogen-bond donors (Lipinski definition) is 1. The Balaban J connectivity index is 2.50. The number of nitrogens with one attached hydrogen (secondary N) is 1. The Kier molecular flexibility index (Phi) is 3.55. The second kappa shape index (κ2) is 5.11. The normalized spacial score (nSPS) is 12.4. The van der Waals surface area contributed by atoms with Gasteiger partial charge in [-0.25, -0.2) is 0 Å². The molecule has 0 spiro atoms. The SMILES string of the molecule is CNC(c1cccnc1)c1c(C)cccc1C. The zero-order valence-corrected chi connectivity index (χ0v) is 10.6. The molecule has 1 aromatic carbocycles. The van der Waals surface area contributed by atoms with Crippen LogP contribution < -0.4 is 5.32 Å². The molecule has 0 aliphatic carbocycles. The summed E-state index contributed by atoms with van der Waals surface area (Å²) >= 11 is 0. The van der Waals surface area contributed by atoms with Crippen LogP contribution in [0.2, 0.25) is 0 Å². The summed E-state index contributed by atoms with van der Waals surface area (Å²) in [6, 6.07) is 10.7. The lowest BCUT2D eigenvalue weighted by atomic mass is 9.92. The van der Waals surface area contributed by atoms with Crippen molar-refractivity contribution in [3.8, 4) is 0 Å². The third kappa shape index (κ3) is 2.37. The van der Waals surface area contributed by atoms with Gasteiger partial charge in [-0.15, -0.1) is 0 Å². The number of aryl methyl sites for hydroxylation is 2. The van der Waals surface area contributed by atoms with Gasteiger partial charge in [-0.1, -0.05) is 24.3 Å². The summed E-state index contributed by atoms with van der Waals surface area (Å²) < 4.78 is 0. The molecule has 0 aliphatic rings. The van der Waals surface area contributed by atoms with Crippen LogP contribution in [0.3, 0.4) is 0 Å². The van der Waals surface area contributed by atoms with E-state index in [1.165, 1.54) is 22.3 Å². The minimum Gasteiger partial charge on any atom is -0.309 e. The van der Waals surface area contributed by atoms with Gasteiger partial charge in [0.05, 0.1) is 6.04 Å². The van der Waals surface area contributed by atoms with Gasteiger partial charge in [0.2, 0.25) is 0 Å². The molecule has 17 heavy (non-hydrogen) atoms. The van der Waals surface area contributed by atoms with Crippen molar-refractivity contribution in [1.29, 1.82) is 0 Å². The molecule has 2 rings (SSSR count). The quantitative estimate of drug-likeness (QED) is 0.870. The van der Waals surface area contributed by atoms with Crippen LogP contribution in [0.15, 0.2) is 42.7 Å². The summed E-state index contributed by atoms with van der Waals surface area (Å²) in [7, 11) is 1.99. The van der Waals surface area contributed by atoms with E-state index in [9.17, 15) is 0 Å². The van der Waals surface area contributed by atoms with Gasteiger partial charge in [0.1, 0.15) is 0 Å². The average molecular weight is 226 g/mol. The number of aromatic nitrogens is 1. The molecule has 2 aromatic rings. The summed E-state index contributed by atoms with van der Waals surface area (Å²) in [4.78, 5) is 4.20. The van der Waals surface area contributed by atoms with Crippen molar-refractivity contribution in [1.82, 2.24) is 10.3 Å². The molecule has 0 aliphatic heterocycles. The highest BCUT2D eigenvalue weighted by atomic mass is 14.9. The van der Waals surface area contributed by atoms with E-state index in [1.807, 2.05) is 19.3 Å². The molecule has 1 N–H and O–H groups in total. The second-order valence-electron chi connectivity index (χ2n) is 4.31. The first-order chi connectivity index (χ1) is 8.24. The molecule has 0 fully saturated rings. The molecule has 1 unspecified atom stereocenters. The van der Waals surface area contributed by atoms with Crippen molar-refractivity contribution in [2.24, 2.45) is 0 Å². The van der Waals surface area contributed by atoms with E-state index in [0.29, 0.717) is 0 Å². The Hall–Kier alpha value is -1.67. The lowest BCUT2D eigenvalue weighted by molar-refractivity contribution is 0.680. The number of pyridine rings is 1. The maximum atomic E-state index is 4.20. The summed E-state index contributed by atoms with van der Waals surface area (Å²) in [6.45, 7) is 4.31. The molecule has 2 heteroatoms. The third-order valence-electron chi connectivity index (χ3n) is 3.14. The second-order valence-corrected chi connectivity index (χ2v) is 4.31. The molecule has 1 heterocycles. The maximum Gasteiger partial charge on any atom is 0.0594 e. The summed E-state index contributed by atoms with van der Waals surface area (Å²) in [6.07, 6.45) is 3.73. The van der Waals surface area contributed by atoms with Gasteiger partial charge >= 0.3 is 0 Å². The van der Waals surface area contributed by atoms with Crippen molar-refractivity contribution < 1.29 is 0 Å². The van der Waals surface area contributed by atoms with Crippen LogP contribution in [0.4, 0.5) is 0 Å². The van der Waals surface area contributed by atoms with Gasteiger partial charge in [-0.3, -0.25) is 4.98 Å². The number of hydrogen-bond acceptors (Lipinski definition) is 2. The van der Waals surface area contributed by atoms with Crippen LogP contribution in [-0.4, -0.2) is 12.0 Å². The van der Waals surface area contributed by atoms with Crippen LogP contribution >= 0.6 is 0 Å².